The minimum Gasteiger partial charge on any atom is -0.378 e. The quantitative estimate of drug-likeness (QED) is 0.838. The van der Waals surface area contributed by atoms with Crippen molar-refractivity contribution in [3.05, 3.63) is 24.0 Å². The minimum atomic E-state index is -0.140. The van der Waals surface area contributed by atoms with Crippen molar-refractivity contribution in [1.29, 1.82) is 0 Å². The molecule has 1 unspecified atom stereocenters. The van der Waals surface area contributed by atoms with Crippen LogP contribution in [0.3, 0.4) is 0 Å². The number of carbonyl (C=O) groups is 1. The molecule has 1 saturated carbocycles. The molecule has 3 heterocycles. The minimum absolute atomic E-state index is 0.0528. The van der Waals surface area contributed by atoms with E-state index in [1.807, 2.05) is 13.0 Å². The molecule has 1 amide bonds. The van der Waals surface area contributed by atoms with Gasteiger partial charge >= 0.3 is 0 Å². The number of nitrogens with one attached hydrogen (secondary N) is 1. The zero-order valence-corrected chi connectivity index (χ0v) is 14.2. The molecule has 2 aromatic heterocycles. The standard InChI is InChI=1S/C16H22N6O3/c1-11(16-18-15(20-25-16)12-2-3-12)17-13-4-5-22(19-13)10-14(23)21-6-8-24-9-7-21/h4-5,11-12H,2-3,6-10H2,1H3,(H,17,19). The summed E-state index contributed by atoms with van der Waals surface area (Å²) in [6.45, 7) is 4.65. The van der Waals surface area contributed by atoms with Gasteiger partial charge in [-0.15, -0.1) is 0 Å². The van der Waals surface area contributed by atoms with Gasteiger partial charge in [0.1, 0.15) is 18.4 Å². The van der Waals surface area contributed by atoms with Crippen molar-refractivity contribution < 1.29 is 14.1 Å². The largest absolute Gasteiger partial charge is 0.378 e. The predicted molar refractivity (Wildman–Crippen MR) is 87.9 cm³/mol. The van der Waals surface area contributed by atoms with Crippen LogP contribution in [0.1, 0.15) is 43.4 Å². The number of nitrogens with zero attached hydrogens (tertiary/aromatic N) is 5. The molecule has 2 aromatic rings. The molecule has 25 heavy (non-hydrogen) atoms. The van der Waals surface area contributed by atoms with Crippen molar-refractivity contribution in [3.8, 4) is 0 Å². The Hall–Kier alpha value is -2.42. The van der Waals surface area contributed by atoms with Gasteiger partial charge in [-0.2, -0.15) is 10.1 Å². The zero-order valence-electron chi connectivity index (χ0n) is 14.2. The van der Waals surface area contributed by atoms with E-state index in [1.165, 1.54) is 0 Å². The number of anilines is 1. The summed E-state index contributed by atoms with van der Waals surface area (Å²) >= 11 is 0. The number of hydrogen-bond acceptors (Lipinski definition) is 7. The molecule has 1 saturated heterocycles. The summed E-state index contributed by atoms with van der Waals surface area (Å²) in [5.74, 6) is 2.55. The van der Waals surface area contributed by atoms with Crippen LogP contribution in [-0.2, 0) is 16.1 Å². The Morgan fingerprint density at radius 2 is 2.20 bits per heavy atom. The summed E-state index contributed by atoms with van der Waals surface area (Å²) in [6, 6.07) is 1.69. The van der Waals surface area contributed by atoms with Crippen molar-refractivity contribution in [2.75, 3.05) is 31.6 Å². The number of carbonyl (C=O) groups excluding carboxylic acids is 1. The molecule has 134 valence electrons. The maximum absolute atomic E-state index is 12.2. The molecule has 9 nitrogen and oxygen atoms in total. The summed E-state index contributed by atoms with van der Waals surface area (Å²) in [7, 11) is 0. The smallest absolute Gasteiger partial charge is 0.248 e. The average molecular weight is 346 g/mol. The number of hydrogen-bond donors (Lipinski definition) is 1. The lowest BCUT2D eigenvalue weighted by molar-refractivity contribution is -0.136. The van der Waals surface area contributed by atoms with Crippen molar-refractivity contribution >= 4 is 11.7 Å². The van der Waals surface area contributed by atoms with Crippen LogP contribution in [0.15, 0.2) is 16.8 Å². The highest BCUT2D eigenvalue weighted by molar-refractivity contribution is 5.76. The van der Waals surface area contributed by atoms with E-state index in [0.717, 1.165) is 18.7 Å². The Balaban J connectivity index is 1.33. The third-order valence-electron chi connectivity index (χ3n) is 4.44. The van der Waals surface area contributed by atoms with Gasteiger partial charge in [-0.25, -0.2) is 0 Å². The third kappa shape index (κ3) is 3.81. The van der Waals surface area contributed by atoms with Crippen LogP contribution in [0.25, 0.3) is 0 Å². The summed E-state index contributed by atoms with van der Waals surface area (Å²) in [4.78, 5) is 18.5. The van der Waals surface area contributed by atoms with Crippen LogP contribution >= 0.6 is 0 Å². The monoisotopic (exact) mass is 346 g/mol. The van der Waals surface area contributed by atoms with Crippen molar-refractivity contribution in [1.82, 2.24) is 24.8 Å². The van der Waals surface area contributed by atoms with E-state index in [2.05, 4.69) is 20.6 Å². The van der Waals surface area contributed by atoms with E-state index in [-0.39, 0.29) is 18.5 Å². The molecule has 0 bridgehead atoms. The summed E-state index contributed by atoms with van der Waals surface area (Å²) in [6.07, 6.45) is 4.07. The second-order valence-electron chi connectivity index (χ2n) is 6.52. The van der Waals surface area contributed by atoms with Crippen molar-refractivity contribution in [2.24, 2.45) is 0 Å². The highest BCUT2D eigenvalue weighted by Crippen LogP contribution is 2.38. The van der Waals surface area contributed by atoms with Crippen molar-refractivity contribution in [3.63, 3.8) is 0 Å². The lowest BCUT2D eigenvalue weighted by Gasteiger charge is -2.26. The van der Waals surface area contributed by atoms with Gasteiger partial charge in [0, 0.05) is 31.3 Å². The predicted octanol–water partition coefficient (Wildman–Crippen LogP) is 1.18. The Bertz CT molecular complexity index is 732. The second kappa shape index (κ2) is 6.83. The van der Waals surface area contributed by atoms with Crippen LogP contribution in [0, 0.1) is 0 Å². The third-order valence-corrected chi connectivity index (χ3v) is 4.44. The fraction of sp³-hybridized carbons (Fsp3) is 0.625. The number of rotatable bonds is 6. The van der Waals surface area contributed by atoms with E-state index >= 15 is 0 Å². The van der Waals surface area contributed by atoms with Gasteiger partial charge in [-0.05, 0) is 19.8 Å². The molecule has 4 rings (SSSR count). The molecule has 1 aliphatic heterocycles. The molecule has 2 aliphatic rings. The Labute approximate surface area is 145 Å². The number of ether oxygens (including phenoxy) is 1. The van der Waals surface area contributed by atoms with Gasteiger partial charge in [0.15, 0.2) is 5.82 Å². The maximum atomic E-state index is 12.2. The number of aromatic nitrogens is 4. The Morgan fingerprint density at radius 1 is 1.40 bits per heavy atom. The highest BCUT2D eigenvalue weighted by Gasteiger charge is 2.29. The highest BCUT2D eigenvalue weighted by atomic mass is 16.5. The van der Waals surface area contributed by atoms with Gasteiger partial charge in [0.2, 0.25) is 11.8 Å². The molecule has 1 N–H and O–H groups in total. The van der Waals surface area contributed by atoms with Gasteiger partial charge in [0.25, 0.3) is 0 Å². The normalized spacial score (nSPS) is 19.0. The van der Waals surface area contributed by atoms with E-state index in [0.29, 0.717) is 43.9 Å². The van der Waals surface area contributed by atoms with Gasteiger partial charge in [-0.3, -0.25) is 9.48 Å². The first kappa shape index (κ1) is 16.1. The molecule has 9 heteroatoms. The lowest BCUT2D eigenvalue weighted by Crippen LogP contribution is -2.42. The van der Waals surface area contributed by atoms with Crippen molar-refractivity contribution in [2.45, 2.75) is 38.3 Å². The Kier molecular flexibility index (Phi) is 4.39. The molecule has 1 aliphatic carbocycles. The fourth-order valence-electron chi connectivity index (χ4n) is 2.79. The number of amides is 1. The molecule has 0 spiro atoms. The SMILES string of the molecule is CC(Nc1ccn(CC(=O)N2CCOCC2)n1)c1nc(C2CC2)no1. The van der Waals surface area contributed by atoms with Crippen LogP contribution in [-0.4, -0.2) is 57.0 Å². The zero-order chi connectivity index (χ0) is 17.2. The van der Waals surface area contributed by atoms with Gasteiger partial charge in [0.05, 0.1) is 13.2 Å². The van der Waals surface area contributed by atoms with E-state index in [1.54, 1.807) is 15.8 Å². The number of morpholine rings is 1. The molecular weight excluding hydrogens is 324 g/mol. The van der Waals surface area contributed by atoms with Crippen LogP contribution < -0.4 is 5.32 Å². The molecule has 1 atom stereocenters. The van der Waals surface area contributed by atoms with Crippen LogP contribution in [0.2, 0.25) is 0 Å². The van der Waals surface area contributed by atoms with E-state index in [4.69, 9.17) is 9.26 Å². The first-order valence-electron chi connectivity index (χ1n) is 8.68. The van der Waals surface area contributed by atoms with Crippen LogP contribution in [0.5, 0.6) is 0 Å². The van der Waals surface area contributed by atoms with Gasteiger partial charge in [-0.1, -0.05) is 5.16 Å². The summed E-state index contributed by atoms with van der Waals surface area (Å²) < 4.78 is 12.2. The molecular formula is C16H22N6O3. The summed E-state index contributed by atoms with van der Waals surface area (Å²) in [5, 5.41) is 11.7. The first-order valence-corrected chi connectivity index (χ1v) is 8.68. The lowest BCUT2D eigenvalue weighted by atomic mass is 10.3. The van der Waals surface area contributed by atoms with Gasteiger partial charge < -0.3 is 19.5 Å². The molecule has 2 fully saturated rings. The Morgan fingerprint density at radius 3 is 2.96 bits per heavy atom. The van der Waals surface area contributed by atoms with E-state index in [9.17, 15) is 4.79 Å². The van der Waals surface area contributed by atoms with Crippen LogP contribution in [0.4, 0.5) is 5.82 Å². The molecule has 0 aromatic carbocycles. The second-order valence-corrected chi connectivity index (χ2v) is 6.52. The molecule has 0 radical (unpaired) electrons. The fourth-order valence-corrected chi connectivity index (χ4v) is 2.79. The summed E-state index contributed by atoms with van der Waals surface area (Å²) in [5.41, 5.74) is 0. The topological polar surface area (TPSA) is 98.3 Å². The maximum Gasteiger partial charge on any atom is 0.248 e. The average Bonchev–Trinajstić information content (AvgIpc) is 3.19. The first-order chi connectivity index (χ1) is 12.2. The van der Waals surface area contributed by atoms with E-state index < -0.39 is 0 Å².